The average molecular weight is 229 g/mol. The van der Waals surface area contributed by atoms with Gasteiger partial charge in [-0.2, -0.15) is 0 Å². The smallest absolute Gasteiger partial charge is 0.306 e. The van der Waals surface area contributed by atoms with Crippen LogP contribution in [-0.2, 0) is 9.53 Å². The highest BCUT2D eigenvalue weighted by atomic mass is 16.5. The van der Waals surface area contributed by atoms with Crippen molar-refractivity contribution in [2.24, 2.45) is 17.1 Å². The van der Waals surface area contributed by atoms with Crippen LogP contribution >= 0.6 is 0 Å². The lowest BCUT2D eigenvalue weighted by Crippen LogP contribution is -2.50. The van der Waals surface area contributed by atoms with Gasteiger partial charge >= 0.3 is 5.97 Å². The minimum Gasteiger partial charge on any atom is -0.469 e. The lowest BCUT2D eigenvalue weighted by Gasteiger charge is -2.41. The second-order valence-corrected chi connectivity index (χ2v) is 5.97. The largest absolute Gasteiger partial charge is 0.469 e. The van der Waals surface area contributed by atoms with E-state index in [1.165, 1.54) is 7.11 Å². The zero-order chi connectivity index (χ0) is 13.0. The maximum Gasteiger partial charge on any atom is 0.306 e. The maximum absolute atomic E-state index is 11.4. The highest BCUT2D eigenvalue weighted by Crippen LogP contribution is 2.38. The molecule has 0 saturated carbocycles. The van der Waals surface area contributed by atoms with Crippen LogP contribution in [0.15, 0.2) is 0 Å². The molecule has 0 aliphatic carbocycles. The van der Waals surface area contributed by atoms with Crippen molar-refractivity contribution in [1.82, 2.24) is 0 Å². The zero-order valence-electron chi connectivity index (χ0n) is 11.6. The molecule has 0 aromatic rings. The van der Waals surface area contributed by atoms with E-state index in [9.17, 15) is 4.79 Å². The van der Waals surface area contributed by atoms with Gasteiger partial charge in [-0.25, -0.2) is 0 Å². The van der Waals surface area contributed by atoms with Crippen LogP contribution < -0.4 is 5.73 Å². The van der Waals surface area contributed by atoms with Crippen molar-refractivity contribution < 1.29 is 9.53 Å². The molecule has 1 atom stereocenters. The third kappa shape index (κ3) is 4.52. The SMILES string of the molecule is COC(=O)CC(C)(CCC(C)C)C(C)(C)N. The number of hydrogen-bond acceptors (Lipinski definition) is 3. The van der Waals surface area contributed by atoms with Crippen molar-refractivity contribution in [2.75, 3.05) is 7.11 Å². The molecule has 1 unspecified atom stereocenters. The molecule has 0 aromatic heterocycles. The van der Waals surface area contributed by atoms with E-state index >= 15 is 0 Å². The topological polar surface area (TPSA) is 52.3 Å². The average Bonchev–Trinajstić information content (AvgIpc) is 2.12. The lowest BCUT2D eigenvalue weighted by atomic mass is 9.67. The number of carbonyl (C=O) groups excluding carboxylic acids is 1. The molecule has 2 N–H and O–H groups in total. The second kappa shape index (κ2) is 5.67. The predicted octanol–water partition coefficient (Wildman–Crippen LogP) is 2.73. The third-order valence-corrected chi connectivity index (χ3v) is 3.59. The summed E-state index contributed by atoms with van der Waals surface area (Å²) in [6, 6.07) is 0. The lowest BCUT2D eigenvalue weighted by molar-refractivity contribution is -0.144. The first kappa shape index (κ1) is 15.4. The van der Waals surface area contributed by atoms with E-state index in [1.807, 2.05) is 13.8 Å². The van der Waals surface area contributed by atoms with Gasteiger partial charge in [0.25, 0.3) is 0 Å². The Morgan fingerprint density at radius 3 is 2.12 bits per heavy atom. The molecule has 0 aliphatic heterocycles. The van der Waals surface area contributed by atoms with Crippen molar-refractivity contribution in [3.8, 4) is 0 Å². The van der Waals surface area contributed by atoms with Gasteiger partial charge in [-0.3, -0.25) is 4.79 Å². The summed E-state index contributed by atoms with van der Waals surface area (Å²) in [5.41, 5.74) is 5.61. The standard InChI is InChI=1S/C13H27NO2/c1-10(2)7-8-13(5,12(3,4)14)9-11(15)16-6/h10H,7-9,14H2,1-6H3. The van der Waals surface area contributed by atoms with Gasteiger partial charge in [0.2, 0.25) is 0 Å². The van der Waals surface area contributed by atoms with E-state index in [0.29, 0.717) is 12.3 Å². The molecule has 0 heterocycles. The van der Waals surface area contributed by atoms with Crippen molar-refractivity contribution in [3.63, 3.8) is 0 Å². The zero-order valence-corrected chi connectivity index (χ0v) is 11.6. The molecule has 0 amide bonds. The first-order valence-electron chi connectivity index (χ1n) is 5.98. The van der Waals surface area contributed by atoms with Crippen LogP contribution in [0.3, 0.4) is 0 Å². The Morgan fingerprint density at radius 1 is 1.31 bits per heavy atom. The molecule has 0 bridgehead atoms. The number of nitrogens with two attached hydrogens (primary N) is 1. The van der Waals surface area contributed by atoms with E-state index in [2.05, 4.69) is 20.8 Å². The molecular weight excluding hydrogens is 202 g/mol. The molecule has 3 nitrogen and oxygen atoms in total. The number of methoxy groups -OCH3 is 1. The van der Waals surface area contributed by atoms with Gasteiger partial charge in [0, 0.05) is 5.54 Å². The van der Waals surface area contributed by atoms with E-state index in [1.54, 1.807) is 0 Å². The Balaban J connectivity index is 4.69. The molecule has 0 fully saturated rings. The van der Waals surface area contributed by atoms with Crippen molar-refractivity contribution in [1.29, 1.82) is 0 Å². The van der Waals surface area contributed by atoms with E-state index in [-0.39, 0.29) is 16.9 Å². The monoisotopic (exact) mass is 229 g/mol. The summed E-state index contributed by atoms with van der Waals surface area (Å²) in [6.07, 6.45) is 2.41. The minimum absolute atomic E-state index is 0.176. The molecule has 16 heavy (non-hydrogen) atoms. The highest BCUT2D eigenvalue weighted by Gasteiger charge is 2.39. The first-order chi connectivity index (χ1) is 7.12. The fraction of sp³-hybridized carbons (Fsp3) is 0.923. The first-order valence-corrected chi connectivity index (χ1v) is 5.98. The summed E-state index contributed by atoms with van der Waals surface area (Å²) in [6.45, 7) is 10.4. The Bertz CT molecular complexity index is 231. The fourth-order valence-electron chi connectivity index (χ4n) is 1.64. The summed E-state index contributed by atoms with van der Waals surface area (Å²) in [5, 5.41) is 0. The quantitative estimate of drug-likeness (QED) is 0.712. The molecule has 0 saturated heterocycles. The van der Waals surface area contributed by atoms with E-state index in [4.69, 9.17) is 10.5 Å². The molecule has 3 heteroatoms. The van der Waals surface area contributed by atoms with Crippen LogP contribution in [0, 0.1) is 11.3 Å². The number of ether oxygens (including phenoxy) is 1. The molecule has 0 spiro atoms. The maximum atomic E-state index is 11.4. The van der Waals surface area contributed by atoms with Crippen LogP contribution in [0.2, 0.25) is 0 Å². The number of carbonyl (C=O) groups is 1. The molecule has 96 valence electrons. The van der Waals surface area contributed by atoms with Crippen LogP contribution in [-0.4, -0.2) is 18.6 Å². The number of rotatable bonds is 6. The summed E-state index contributed by atoms with van der Waals surface area (Å²) >= 11 is 0. The predicted molar refractivity (Wildman–Crippen MR) is 67.1 cm³/mol. The molecule has 0 aliphatic rings. The van der Waals surface area contributed by atoms with Gasteiger partial charge in [0.15, 0.2) is 0 Å². The van der Waals surface area contributed by atoms with Crippen molar-refractivity contribution in [2.45, 2.75) is 59.4 Å². The normalized spacial score (nSPS) is 16.0. The minimum atomic E-state index is -0.379. The highest BCUT2D eigenvalue weighted by molar-refractivity contribution is 5.70. The van der Waals surface area contributed by atoms with Gasteiger partial charge in [-0.05, 0) is 31.6 Å². The van der Waals surface area contributed by atoms with Gasteiger partial charge in [-0.15, -0.1) is 0 Å². The Hall–Kier alpha value is -0.570. The Morgan fingerprint density at radius 2 is 1.81 bits per heavy atom. The molecular formula is C13H27NO2. The fourth-order valence-corrected chi connectivity index (χ4v) is 1.64. The van der Waals surface area contributed by atoms with Crippen LogP contribution in [0.5, 0.6) is 0 Å². The number of esters is 1. The Kier molecular flexibility index (Phi) is 5.47. The van der Waals surface area contributed by atoms with Gasteiger partial charge < -0.3 is 10.5 Å². The van der Waals surface area contributed by atoms with Crippen molar-refractivity contribution in [3.05, 3.63) is 0 Å². The Labute approximate surface area is 99.7 Å². The summed E-state index contributed by atoms with van der Waals surface area (Å²) in [7, 11) is 1.43. The van der Waals surface area contributed by atoms with Crippen LogP contribution in [0.1, 0.15) is 53.9 Å². The summed E-state index contributed by atoms with van der Waals surface area (Å²) in [4.78, 5) is 11.4. The van der Waals surface area contributed by atoms with Crippen LogP contribution in [0.25, 0.3) is 0 Å². The van der Waals surface area contributed by atoms with Gasteiger partial charge in [0.1, 0.15) is 0 Å². The molecule has 0 aromatic carbocycles. The molecule has 0 rings (SSSR count). The second-order valence-electron chi connectivity index (χ2n) is 5.97. The molecule has 0 radical (unpaired) electrons. The summed E-state index contributed by atoms with van der Waals surface area (Å²) in [5.74, 6) is 0.448. The van der Waals surface area contributed by atoms with E-state index < -0.39 is 0 Å². The summed E-state index contributed by atoms with van der Waals surface area (Å²) < 4.78 is 4.75. The third-order valence-electron chi connectivity index (χ3n) is 3.59. The van der Waals surface area contributed by atoms with Gasteiger partial charge in [0.05, 0.1) is 13.5 Å². The van der Waals surface area contributed by atoms with E-state index in [0.717, 1.165) is 12.8 Å². The van der Waals surface area contributed by atoms with Gasteiger partial charge in [-0.1, -0.05) is 27.2 Å². The number of hydrogen-bond donors (Lipinski definition) is 1. The van der Waals surface area contributed by atoms with Crippen LogP contribution in [0.4, 0.5) is 0 Å². The van der Waals surface area contributed by atoms with Crippen molar-refractivity contribution >= 4 is 5.97 Å².